The normalized spacial score (nSPS) is 14.9. The van der Waals surface area contributed by atoms with Gasteiger partial charge in [0.05, 0.1) is 41.2 Å². The van der Waals surface area contributed by atoms with Crippen LogP contribution in [-0.4, -0.2) is 59.2 Å². The van der Waals surface area contributed by atoms with Crippen molar-refractivity contribution in [3.8, 4) is 40.2 Å². The van der Waals surface area contributed by atoms with E-state index in [0.717, 1.165) is 24.1 Å². The minimum Gasteiger partial charge on any atom is -0.733 e. The second-order valence-electron chi connectivity index (χ2n) is 8.88. The van der Waals surface area contributed by atoms with E-state index in [2.05, 4.69) is 4.90 Å². The topological polar surface area (TPSA) is 105 Å². The number of methoxy groups -OCH3 is 5. The van der Waals surface area contributed by atoms with Gasteiger partial charge in [0.15, 0.2) is 34.5 Å². The highest BCUT2D eigenvalue weighted by atomic mass is 16.8. The van der Waals surface area contributed by atoms with E-state index in [-0.39, 0.29) is 22.7 Å². The molecule has 0 saturated carbocycles. The maximum absolute atomic E-state index is 12.2. The maximum Gasteiger partial charge on any atom is 0.169 e. The van der Waals surface area contributed by atoms with Crippen molar-refractivity contribution in [2.24, 2.45) is 0 Å². The molecule has 0 radical (unpaired) electrons. The lowest BCUT2D eigenvalue weighted by Crippen LogP contribution is -2.33. The summed E-state index contributed by atoms with van der Waals surface area (Å²) in [7, 11) is 9.82. The summed E-state index contributed by atoms with van der Waals surface area (Å²) >= 11 is 0. The highest BCUT2D eigenvalue weighted by Crippen LogP contribution is 2.43. The molecule has 1 atom stereocenters. The number of ether oxygens (including phenoxy) is 6. The summed E-state index contributed by atoms with van der Waals surface area (Å²) in [6, 6.07) is 12.2. The quantitative estimate of drug-likeness (QED) is 0.364. The van der Waals surface area contributed by atoms with Crippen molar-refractivity contribution in [2.75, 3.05) is 54.4 Å². The van der Waals surface area contributed by atoms with E-state index in [0.29, 0.717) is 46.5 Å². The summed E-state index contributed by atoms with van der Waals surface area (Å²) in [5.41, 5.74) is 2.86. The SMILES string of the molecule is COc1ccc(Oc2cc(CC3c4cc(OC)c(OC)cc4CCN3C)c(N([O-])O)cc2OC)cc1OC. The van der Waals surface area contributed by atoms with Gasteiger partial charge in [-0.3, -0.25) is 10.1 Å². The van der Waals surface area contributed by atoms with Gasteiger partial charge >= 0.3 is 0 Å². The third-order valence-electron chi connectivity index (χ3n) is 6.84. The Balaban J connectivity index is 1.75. The molecule has 1 aliphatic rings. The number of anilines is 1. The molecular formula is C28H33N2O8-. The third-order valence-corrected chi connectivity index (χ3v) is 6.84. The fraction of sp³-hybridized carbons (Fsp3) is 0.357. The Labute approximate surface area is 222 Å². The monoisotopic (exact) mass is 525 g/mol. The van der Waals surface area contributed by atoms with E-state index >= 15 is 0 Å². The molecule has 3 aromatic carbocycles. The van der Waals surface area contributed by atoms with Gasteiger partial charge in [-0.15, -0.1) is 0 Å². The first-order valence-electron chi connectivity index (χ1n) is 12.0. The summed E-state index contributed by atoms with van der Waals surface area (Å²) in [6.45, 7) is 0.813. The van der Waals surface area contributed by atoms with Gasteiger partial charge in [-0.2, -0.15) is 0 Å². The van der Waals surface area contributed by atoms with E-state index in [1.807, 2.05) is 19.2 Å². The Morgan fingerprint density at radius 1 is 0.816 bits per heavy atom. The molecule has 0 aliphatic carbocycles. The summed E-state index contributed by atoms with van der Waals surface area (Å²) < 4.78 is 33.4. The standard InChI is InChI=1S/C28H33N2O8/c1-29-10-9-17-12-24(34-3)26(36-5)15-20(17)22(29)11-18-13-28(27(37-6)16-21(18)30(31)32)38-19-7-8-23(33-2)25(14-19)35-4/h7-8,12-16,22,31H,9-11H2,1-6H3/q-1. The molecule has 38 heavy (non-hydrogen) atoms. The van der Waals surface area contributed by atoms with Gasteiger partial charge < -0.3 is 38.9 Å². The van der Waals surface area contributed by atoms with Crippen LogP contribution >= 0.6 is 0 Å². The molecule has 10 heteroatoms. The maximum atomic E-state index is 12.2. The van der Waals surface area contributed by atoms with Crippen LogP contribution in [0.3, 0.4) is 0 Å². The van der Waals surface area contributed by atoms with Crippen LogP contribution in [0, 0.1) is 5.21 Å². The molecule has 204 valence electrons. The zero-order valence-electron chi connectivity index (χ0n) is 22.4. The number of rotatable bonds is 10. The number of likely N-dealkylation sites (N-methyl/N-ethyl adjacent to an activating group) is 1. The molecule has 1 N–H and O–H groups in total. The van der Waals surface area contributed by atoms with E-state index in [1.54, 1.807) is 52.7 Å². The largest absolute Gasteiger partial charge is 0.733 e. The smallest absolute Gasteiger partial charge is 0.169 e. The highest BCUT2D eigenvalue weighted by Gasteiger charge is 2.28. The molecule has 1 aliphatic heterocycles. The summed E-state index contributed by atoms with van der Waals surface area (Å²) in [6.07, 6.45) is 1.26. The number of hydrogen-bond donors (Lipinski definition) is 1. The third kappa shape index (κ3) is 5.38. The fourth-order valence-electron chi connectivity index (χ4n) is 4.81. The number of fused-ring (bicyclic) bond motifs is 1. The molecule has 0 saturated heterocycles. The fourth-order valence-corrected chi connectivity index (χ4v) is 4.81. The van der Waals surface area contributed by atoms with Gasteiger partial charge in [0.1, 0.15) is 5.75 Å². The second kappa shape index (κ2) is 11.7. The first kappa shape index (κ1) is 27.2. The predicted octanol–water partition coefficient (Wildman–Crippen LogP) is 4.99. The molecule has 0 fully saturated rings. The Morgan fingerprint density at radius 2 is 1.42 bits per heavy atom. The number of benzene rings is 3. The zero-order valence-corrected chi connectivity index (χ0v) is 22.4. The van der Waals surface area contributed by atoms with Gasteiger partial charge in [0.25, 0.3) is 0 Å². The summed E-state index contributed by atoms with van der Waals surface area (Å²) in [4.78, 5) is 2.21. The molecule has 4 rings (SSSR count). The van der Waals surface area contributed by atoms with Crippen LogP contribution in [0.4, 0.5) is 5.69 Å². The van der Waals surface area contributed by atoms with Gasteiger partial charge in [0, 0.05) is 24.7 Å². The molecule has 10 nitrogen and oxygen atoms in total. The molecule has 1 unspecified atom stereocenters. The molecular weight excluding hydrogens is 492 g/mol. The molecule has 3 aromatic rings. The van der Waals surface area contributed by atoms with Crippen molar-refractivity contribution < 1.29 is 33.6 Å². The summed E-state index contributed by atoms with van der Waals surface area (Å²) in [5.74, 6) is 3.53. The summed E-state index contributed by atoms with van der Waals surface area (Å²) in [5, 5.41) is 22.0. The van der Waals surface area contributed by atoms with Crippen LogP contribution in [-0.2, 0) is 12.8 Å². The van der Waals surface area contributed by atoms with Crippen LogP contribution in [0.15, 0.2) is 42.5 Å². The van der Waals surface area contributed by atoms with Crippen molar-refractivity contribution in [1.29, 1.82) is 0 Å². The Kier molecular flexibility index (Phi) is 8.35. The first-order chi connectivity index (χ1) is 18.3. The van der Waals surface area contributed by atoms with E-state index < -0.39 is 0 Å². The average molecular weight is 526 g/mol. The Morgan fingerprint density at radius 3 is 2.05 bits per heavy atom. The Bertz CT molecular complexity index is 1280. The molecule has 0 spiro atoms. The predicted molar refractivity (Wildman–Crippen MR) is 143 cm³/mol. The first-order valence-corrected chi connectivity index (χ1v) is 12.0. The lowest BCUT2D eigenvalue weighted by atomic mass is 9.88. The highest BCUT2D eigenvalue weighted by molar-refractivity contribution is 5.63. The minimum atomic E-state index is -0.142. The molecule has 1 heterocycles. The molecule has 0 amide bonds. The van der Waals surface area contributed by atoms with Crippen molar-refractivity contribution in [2.45, 2.75) is 18.9 Å². The van der Waals surface area contributed by atoms with Crippen LogP contribution in [0.25, 0.3) is 0 Å². The molecule has 0 bridgehead atoms. The van der Waals surface area contributed by atoms with Crippen molar-refractivity contribution in [1.82, 2.24) is 4.90 Å². The van der Waals surface area contributed by atoms with Gasteiger partial charge in [0.2, 0.25) is 0 Å². The average Bonchev–Trinajstić information content (AvgIpc) is 2.93. The van der Waals surface area contributed by atoms with E-state index in [1.165, 1.54) is 13.2 Å². The van der Waals surface area contributed by atoms with Gasteiger partial charge in [-0.1, -0.05) is 0 Å². The minimum absolute atomic E-state index is 0.0718. The van der Waals surface area contributed by atoms with Crippen molar-refractivity contribution in [3.63, 3.8) is 0 Å². The van der Waals surface area contributed by atoms with Gasteiger partial charge in [-0.05, 0) is 66.9 Å². The number of nitrogens with zero attached hydrogens (tertiary/aromatic N) is 2. The van der Waals surface area contributed by atoms with Crippen LogP contribution in [0.5, 0.6) is 40.2 Å². The van der Waals surface area contributed by atoms with Gasteiger partial charge in [-0.25, -0.2) is 0 Å². The van der Waals surface area contributed by atoms with Crippen molar-refractivity contribution >= 4 is 5.69 Å². The van der Waals surface area contributed by atoms with Crippen LogP contribution in [0.2, 0.25) is 0 Å². The van der Waals surface area contributed by atoms with E-state index in [4.69, 9.17) is 28.4 Å². The Hall–Kier alpha value is -3.86. The number of hydrogen-bond acceptors (Lipinski definition) is 10. The van der Waals surface area contributed by atoms with E-state index in [9.17, 15) is 10.4 Å². The second-order valence-corrected chi connectivity index (χ2v) is 8.88. The zero-order chi connectivity index (χ0) is 27.4. The van der Waals surface area contributed by atoms with Crippen molar-refractivity contribution in [3.05, 3.63) is 64.4 Å². The lowest BCUT2D eigenvalue weighted by molar-refractivity contribution is 0.227. The lowest BCUT2D eigenvalue weighted by Gasteiger charge is -2.36. The van der Waals surface area contributed by atoms with Crippen LogP contribution in [0.1, 0.15) is 22.7 Å². The molecule has 0 aromatic heterocycles. The van der Waals surface area contributed by atoms with Crippen LogP contribution < -0.4 is 33.6 Å².